The molecule has 1 aliphatic rings. The summed E-state index contributed by atoms with van der Waals surface area (Å²) in [6.07, 6.45) is 2.31. The van der Waals surface area contributed by atoms with E-state index >= 15 is 0 Å². The lowest BCUT2D eigenvalue weighted by molar-refractivity contribution is -0.114. The SMILES string of the molecule is CCOC(=O)c1cn2c(N=C3CC(C)NN3)nc(Sc3ccc(NC(C)=O)cc3)cc2n1. The van der Waals surface area contributed by atoms with Crippen LogP contribution in [0.25, 0.3) is 5.65 Å². The van der Waals surface area contributed by atoms with Crippen LogP contribution in [-0.4, -0.2) is 44.7 Å². The number of carbonyl (C=O) groups is 2. The molecule has 0 saturated carbocycles. The molecule has 2 aromatic heterocycles. The molecule has 10 nitrogen and oxygen atoms in total. The fourth-order valence-electron chi connectivity index (χ4n) is 3.11. The van der Waals surface area contributed by atoms with Crippen molar-refractivity contribution in [3.05, 3.63) is 42.2 Å². The molecule has 1 fully saturated rings. The second-order valence-corrected chi connectivity index (χ2v) is 8.30. The predicted molar refractivity (Wildman–Crippen MR) is 121 cm³/mol. The number of hydrogen-bond donors (Lipinski definition) is 3. The van der Waals surface area contributed by atoms with Gasteiger partial charge < -0.3 is 15.5 Å². The summed E-state index contributed by atoms with van der Waals surface area (Å²) in [5, 5.41) is 3.42. The van der Waals surface area contributed by atoms with Gasteiger partial charge in [-0.1, -0.05) is 11.8 Å². The number of amidine groups is 1. The number of carbonyl (C=O) groups excluding carboxylic acids is 2. The highest BCUT2D eigenvalue weighted by Gasteiger charge is 2.19. The van der Waals surface area contributed by atoms with Gasteiger partial charge in [-0.05, 0) is 38.1 Å². The van der Waals surface area contributed by atoms with Crippen molar-refractivity contribution in [1.82, 2.24) is 25.2 Å². The number of rotatable bonds is 6. The molecule has 3 heterocycles. The molecule has 0 bridgehead atoms. The molecule has 11 heteroatoms. The van der Waals surface area contributed by atoms with Crippen LogP contribution in [0.5, 0.6) is 0 Å². The van der Waals surface area contributed by atoms with E-state index in [1.807, 2.05) is 31.2 Å². The highest BCUT2D eigenvalue weighted by Crippen LogP contribution is 2.30. The zero-order valence-corrected chi connectivity index (χ0v) is 18.7. The van der Waals surface area contributed by atoms with E-state index in [0.717, 1.165) is 22.8 Å². The number of esters is 1. The van der Waals surface area contributed by atoms with Gasteiger partial charge in [-0.2, -0.15) is 4.99 Å². The normalized spacial score (nSPS) is 16.8. The molecule has 1 atom stereocenters. The lowest BCUT2D eigenvalue weighted by atomic mass is 10.3. The van der Waals surface area contributed by atoms with E-state index in [4.69, 9.17) is 4.74 Å². The molecule has 1 unspecified atom stereocenters. The van der Waals surface area contributed by atoms with Crippen LogP contribution in [0.1, 0.15) is 37.7 Å². The van der Waals surface area contributed by atoms with Gasteiger partial charge in [-0.15, -0.1) is 0 Å². The van der Waals surface area contributed by atoms with Crippen molar-refractivity contribution in [1.29, 1.82) is 0 Å². The van der Waals surface area contributed by atoms with Crippen molar-refractivity contribution in [3.8, 4) is 0 Å². The fourth-order valence-corrected chi connectivity index (χ4v) is 3.91. The monoisotopic (exact) mass is 453 g/mol. The number of amides is 1. The number of fused-ring (bicyclic) bond motifs is 1. The Labute approximate surface area is 188 Å². The van der Waals surface area contributed by atoms with E-state index in [-0.39, 0.29) is 24.2 Å². The Balaban J connectivity index is 1.69. The summed E-state index contributed by atoms with van der Waals surface area (Å²) in [6, 6.07) is 9.49. The van der Waals surface area contributed by atoms with Crippen LogP contribution >= 0.6 is 11.8 Å². The van der Waals surface area contributed by atoms with Crippen molar-refractivity contribution in [2.24, 2.45) is 4.99 Å². The van der Waals surface area contributed by atoms with Gasteiger partial charge in [-0.3, -0.25) is 9.20 Å². The van der Waals surface area contributed by atoms with E-state index < -0.39 is 5.97 Å². The average Bonchev–Trinajstić information content (AvgIpc) is 3.35. The van der Waals surface area contributed by atoms with E-state index in [9.17, 15) is 9.59 Å². The molecule has 32 heavy (non-hydrogen) atoms. The number of nitrogens with one attached hydrogen (secondary N) is 3. The quantitative estimate of drug-likeness (QED) is 0.385. The number of hydrogen-bond acceptors (Lipinski definition) is 8. The summed E-state index contributed by atoms with van der Waals surface area (Å²) < 4.78 is 6.76. The predicted octanol–water partition coefficient (Wildman–Crippen LogP) is 2.93. The number of benzene rings is 1. The lowest BCUT2D eigenvalue weighted by Gasteiger charge is -2.07. The average molecular weight is 454 g/mol. The number of aliphatic imine (C=N–C) groups is 1. The van der Waals surface area contributed by atoms with Crippen molar-refractivity contribution in [2.75, 3.05) is 11.9 Å². The summed E-state index contributed by atoms with van der Waals surface area (Å²) in [6.45, 7) is 5.53. The van der Waals surface area contributed by atoms with Gasteiger partial charge in [0.25, 0.3) is 0 Å². The van der Waals surface area contributed by atoms with Crippen LogP contribution in [0, 0.1) is 0 Å². The lowest BCUT2D eigenvalue weighted by Crippen LogP contribution is -2.29. The summed E-state index contributed by atoms with van der Waals surface area (Å²) >= 11 is 1.43. The third-order valence-corrected chi connectivity index (χ3v) is 5.42. The summed E-state index contributed by atoms with van der Waals surface area (Å²) in [5.41, 5.74) is 7.62. The Morgan fingerprint density at radius 2 is 2.09 bits per heavy atom. The highest BCUT2D eigenvalue weighted by atomic mass is 32.2. The summed E-state index contributed by atoms with van der Waals surface area (Å²) in [4.78, 5) is 38.1. The van der Waals surface area contributed by atoms with Crippen molar-refractivity contribution < 1.29 is 14.3 Å². The van der Waals surface area contributed by atoms with Crippen LogP contribution in [-0.2, 0) is 9.53 Å². The van der Waals surface area contributed by atoms with E-state index in [0.29, 0.717) is 16.6 Å². The first-order chi connectivity index (χ1) is 15.4. The number of anilines is 1. The minimum Gasteiger partial charge on any atom is -0.461 e. The maximum atomic E-state index is 12.2. The second-order valence-electron chi connectivity index (χ2n) is 7.21. The maximum absolute atomic E-state index is 12.2. The van der Waals surface area contributed by atoms with Gasteiger partial charge in [0.15, 0.2) is 5.69 Å². The van der Waals surface area contributed by atoms with Gasteiger partial charge in [0.2, 0.25) is 11.9 Å². The molecule has 4 rings (SSSR count). The number of imidazole rings is 1. The topological polar surface area (TPSA) is 122 Å². The Hall–Kier alpha value is -3.44. The van der Waals surface area contributed by atoms with Crippen LogP contribution in [0.3, 0.4) is 0 Å². The minimum absolute atomic E-state index is 0.123. The molecule has 1 saturated heterocycles. The molecule has 3 aromatic rings. The van der Waals surface area contributed by atoms with Crippen molar-refractivity contribution >= 4 is 46.8 Å². The van der Waals surface area contributed by atoms with Crippen molar-refractivity contribution in [2.45, 2.75) is 43.2 Å². The van der Waals surface area contributed by atoms with Gasteiger partial charge in [0.05, 0.1) is 6.61 Å². The first-order valence-electron chi connectivity index (χ1n) is 10.1. The molecule has 1 aliphatic heterocycles. The Kier molecular flexibility index (Phi) is 6.37. The maximum Gasteiger partial charge on any atom is 0.358 e. The van der Waals surface area contributed by atoms with Crippen LogP contribution < -0.4 is 16.2 Å². The minimum atomic E-state index is -0.494. The fraction of sp³-hybridized carbons (Fsp3) is 0.286. The zero-order chi connectivity index (χ0) is 22.7. The molecule has 166 valence electrons. The van der Waals surface area contributed by atoms with Gasteiger partial charge >= 0.3 is 5.97 Å². The number of ether oxygens (including phenoxy) is 1. The Morgan fingerprint density at radius 3 is 2.75 bits per heavy atom. The third kappa shape index (κ3) is 5.06. The largest absolute Gasteiger partial charge is 0.461 e. The number of aromatic nitrogens is 3. The molecular formula is C21H23N7O3S. The number of hydrazine groups is 1. The van der Waals surface area contributed by atoms with E-state index in [2.05, 4.69) is 31.1 Å². The zero-order valence-electron chi connectivity index (χ0n) is 17.9. The van der Waals surface area contributed by atoms with Crippen LogP contribution in [0.4, 0.5) is 11.6 Å². The smallest absolute Gasteiger partial charge is 0.358 e. The summed E-state index contributed by atoms with van der Waals surface area (Å²) in [5.74, 6) is 0.537. The Morgan fingerprint density at radius 1 is 1.31 bits per heavy atom. The highest BCUT2D eigenvalue weighted by molar-refractivity contribution is 7.99. The van der Waals surface area contributed by atoms with Crippen LogP contribution in [0.2, 0.25) is 0 Å². The summed E-state index contributed by atoms with van der Waals surface area (Å²) in [7, 11) is 0. The van der Waals surface area contributed by atoms with Gasteiger partial charge in [0.1, 0.15) is 16.5 Å². The van der Waals surface area contributed by atoms with Gasteiger partial charge in [0, 0.05) is 42.2 Å². The standard InChI is InChI=1S/C21H23N7O3S/c1-4-31-20(30)16-11-28-18(23-16)10-19(25-21(28)24-17-9-12(2)26-27-17)32-15-7-5-14(6-8-15)22-13(3)29/h5-8,10-12,26H,4,9H2,1-3H3,(H,22,29)(H,24,25,27). The Bertz CT molecular complexity index is 1190. The molecule has 0 spiro atoms. The number of nitrogens with zero attached hydrogens (tertiary/aromatic N) is 4. The third-order valence-electron chi connectivity index (χ3n) is 4.49. The molecular weight excluding hydrogens is 430 g/mol. The van der Waals surface area contributed by atoms with Crippen molar-refractivity contribution in [3.63, 3.8) is 0 Å². The van der Waals surface area contributed by atoms with Crippen LogP contribution in [0.15, 0.2) is 51.4 Å². The first-order valence-corrected chi connectivity index (χ1v) is 10.9. The molecule has 1 aromatic carbocycles. The van der Waals surface area contributed by atoms with E-state index in [1.54, 1.807) is 23.6 Å². The molecule has 0 radical (unpaired) electrons. The first kappa shape index (κ1) is 21.8. The van der Waals surface area contributed by atoms with E-state index in [1.165, 1.54) is 18.7 Å². The molecule has 0 aliphatic carbocycles. The molecule has 1 amide bonds. The second kappa shape index (κ2) is 9.37. The van der Waals surface area contributed by atoms with Gasteiger partial charge in [-0.25, -0.2) is 20.2 Å². The molecule has 3 N–H and O–H groups in total.